The third-order valence-electron chi connectivity index (χ3n) is 3.38. The molecule has 1 amide bonds. The van der Waals surface area contributed by atoms with E-state index in [0.717, 1.165) is 17.2 Å². The SMILES string of the molecule is CC(CC(C)(C)c1ccc(C)o1)=NNC(=O)c1cccnc1. The van der Waals surface area contributed by atoms with Crippen LogP contribution in [0.5, 0.6) is 0 Å². The number of rotatable bonds is 5. The van der Waals surface area contributed by atoms with Gasteiger partial charge in [-0.1, -0.05) is 13.8 Å². The highest BCUT2D eigenvalue weighted by Gasteiger charge is 2.25. The fourth-order valence-corrected chi connectivity index (χ4v) is 2.27. The van der Waals surface area contributed by atoms with Crippen molar-refractivity contribution < 1.29 is 9.21 Å². The number of aryl methyl sites for hydroxylation is 1. The van der Waals surface area contributed by atoms with E-state index >= 15 is 0 Å². The molecule has 0 aliphatic carbocycles. The minimum absolute atomic E-state index is 0.180. The smallest absolute Gasteiger partial charge is 0.272 e. The minimum Gasteiger partial charge on any atom is -0.466 e. The van der Waals surface area contributed by atoms with Crippen LogP contribution in [0.2, 0.25) is 0 Å². The molecule has 0 saturated heterocycles. The Kier molecular flexibility index (Phi) is 4.75. The summed E-state index contributed by atoms with van der Waals surface area (Å²) in [5.41, 5.74) is 3.69. The molecule has 116 valence electrons. The lowest BCUT2D eigenvalue weighted by molar-refractivity contribution is 0.0954. The summed E-state index contributed by atoms with van der Waals surface area (Å²) in [4.78, 5) is 15.8. The van der Waals surface area contributed by atoms with Crippen LogP contribution in [0.4, 0.5) is 0 Å². The van der Waals surface area contributed by atoms with Crippen LogP contribution < -0.4 is 5.43 Å². The second kappa shape index (κ2) is 6.56. The summed E-state index contributed by atoms with van der Waals surface area (Å²) in [6, 6.07) is 7.35. The highest BCUT2D eigenvalue weighted by atomic mass is 16.3. The molecule has 2 aromatic heterocycles. The molecule has 2 heterocycles. The van der Waals surface area contributed by atoms with Crippen molar-refractivity contribution in [2.75, 3.05) is 0 Å². The van der Waals surface area contributed by atoms with Crippen LogP contribution >= 0.6 is 0 Å². The van der Waals surface area contributed by atoms with Gasteiger partial charge in [0.2, 0.25) is 0 Å². The van der Waals surface area contributed by atoms with Crippen molar-refractivity contribution in [2.45, 2.75) is 39.5 Å². The fourth-order valence-electron chi connectivity index (χ4n) is 2.27. The number of furan rings is 1. The van der Waals surface area contributed by atoms with Gasteiger partial charge in [0, 0.05) is 23.5 Å². The van der Waals surface area contributed by atoms with Crippen molar-refractivity contribution in [1.29, 1.82) is 0 Å². The molecule has 2 rings (SSSR count). The summed E-state index contributed by atoms with van der Waals surface area (Å²) in [7, 11) is 0. The number of nitrogens with zero attached hydrogens (tertiary/aromatic N) is 2. The average molecular weight is 299 g/mol. The van der Waals surface area contributed by atoms with E-state index in [1.807, 2.05) is 26.0 Å². The van der Waals surface area contributed by atoms with Gasteiger partial charge < -0.3 is 4.42 Å². The Balaban J connectivity index is 1.99. The van der Waals surface area contributed by atoms with E-state index in [4.69, 9.17) is 4.42 Å². The largest absolute Gasteiger partial charge is 0.466 e. The highest BCUT2D eigenvalue weighted by Crippen LogP contribution is 2.28. The highest BCUT2D eigenvalue weighted by molar-refractivity contribution is 5.95. The summed E-state index contributed by atoms with van der Waals surface area (Å²) in [6.45, 7) is 8.00. The number of aromatic nitrogens is 1. The van der Waals surface area contributed by atoms with Gasteiger partial charge in [0.15, 0.2) is 0 Å². The van der Waals surface area contributed by atoms with E-state index in [0.29, 0.717) is 12.0 Å². The minimum atomic E-state index is -0.265. The Morgan fingerprint density at radius 1 is 1.36 bits per heavy atom. The number of carbonyl (C=O) groups excluding carboxylic acids is 1. The van der Waals surface area contributed by atoms with Crippen molar-refractivity contribution in [1.82, 2.24) is 10.4 Å². The van der Waals surface area contributed by atoms with Crippen molar-refractivity contribution in [3.63, 3.8) is 0 Å². The molecule has 0 fully saturated rings. The lowest BCUT2D eigenvalue weighted by Crippen LogP contribution is -2.24. The maximum atomic E-state index is 11.9. The summed E-state index contributed by atoms with van der Waals surface area (Å²) in [5, 5.41) is 4.17. The first-order valence-corrected chi connectivity index (χ1v) is 7.19. The third kappa shape index (κ3) is 4.04. The van der Waals surface area contributed by atoms with Crippen molar-refractivity contribution in [2.24, 2.45) is 5.10 Å². The van der Waals surface area contributed by atoms with Gasteiger partial charge in [-0.25, -0.2) is 5.43 Å². The molecule has 0 aliphatic rings. The maximum absolute atomic E-state index is 11.9. The number of hydrogen-bond donors (Lipinski definition) is 1. The normalized spacial score (nSPS) is 12.3. The van der Waals surface area contributed by atoms with E-state index in [1.165, 1.54) is 6.20 Å². The Morgan fingerprint density at radius 2 is 2.14 bits per heavy atom. The second-order valence-electron chi connectivity index (χ2n) is 6.00. The van der Waals surface area contributed by atoms with E-state index in [9.17, 15) is 4.79 Å². The van der Waals surface area contributed by atoms with Crippen LogP contribution in [0.25, 0.3) is 0 Å². The van der Waals surface area contributed by atoms with Gasteiger partial charge in [0.25, 0.3) is 5.91 Å². The number of hydrogen-bond acceptors (Lipinski definition) is 4. The molecule has 5 heteroatoms. The second-order valence-corrected chi connectivity index (χ2v) is 6.00. The lowest BCUT2D eigenvalue weighted by Gasteiger charge is -2.21. The molecule has 0 radical (unpaired) electrons. The first-order chi connectivity index (χ1) is 10.4. The van der Waals surface area contributed by atoms with Crippen LogP contribution in [0, 0.1) is 6.92 Å². The van der Waals surface area contributed by atoms with Gasteiger partial charge in [0.05, 0.1) is 5.56 Å². The standard InChI is InChI=1S/C17H21N3O2/c1-12(10-17(3,4)15-8-7-13(2)22-15)19-20-16(21)14-6-5-9-18-11-14/h5-9,11H,10H2,1-4H3,(H,20,21). The van der Waals surface area contributed by atoms with E-state index in [2.05, 4.69) is 29.4 Å². The first-order valence-electron chi connectivity index (χ1n) is 7.19. The van der Waals surface area contributed by atoms with E-state index in [1.54, 1.807) is 18.3 Å². The average Bonchev–Trinajstić information content (AvgIpc) is 2.93. The number of pyridine rings is 1. The summed E-state index contributed by atoms with van der Waals surface area (Å²) < 4.78 is 5.69. The van der Waals surface area contributed by atoms with Crippen LogP contribution in [0.15, 0.2) is 46.2 Å². The lowest BCUT2D eigenvalue weighted by atomic mass is 9.85. The zero-order chi connectivity index (χ0) is 16.2. The Hall–Kier alpha value is -2.43. The van der Waals surface area contributed by atoms with Gasteiger partial charge in [-0.15, -0.1) is 0 Å². The Morgan fingerprint density at radius 3 is 2.73 bits per heavy atom. The molecule has 0 aromatic carbocycles. The molecule has 2 aromatic rings. The Bertz CT molecular complexity index is 672. The van der Waals surface area contributed by atoms with Gasteiger partial charge in [-0.3, -0.25) is 9.78 Å². The van der Waals surface area contributed by atoms with Gasteiger partial charge in [-0.2, -0.15) is 5.10 Å². The molecule has 1 N–H and O–H groups in total. The molecule has 22 heavy (non-hydrogen) atoms. The van der Waals surface area contributed by atoms with Crippen LogP contribution in [-0.2, 0) is 5.41 Å². The van der Waals surface area contributed by atoms with Crippen LogP contribution in [0.1, 0.15) is 49.1 Å². The van der Waals surface area contributed by atoms with Crippen molar-refractivity contribution in [3.8, 4) is 0 Å². The third-order valence-corrected chi connectivity index (χ3v) is 3.38. The molecular formula is C17H21N3O2. The molecule has 0 atom stereocenters. The predicted octanol–water partition coefficient (Wildman–Crippen LogP) is 3.46. The van der Waals surface area contributed by atoms with Gasteiger partial charge >= 0.3 is 0 Å². The number of carbonyl (C=O) groups is 1. The summed E-state index contributed by atoms with van der Waals surface area (Å²) in [5.74, 6) is 1.54. The maximum Gasteiger partial charge on any atom is 0.272 e. The van der Waals surface area contributed by atoms with Crippen LogP contribution in [0.3, 0.4) is 0 Å². The number of amides is 1. The topological polar surface area (TPSA) is 67.5 Å². The zero-order valence-electron chi connectivity index (χ0n) is 13.4. The monoisotopic (exact) mass is 299 g/mol. The molecule has 5 nitrogen and oxygen atoms in total. The first kappa shape index (κ1) is 15.9. The van der Waals surface area contributed by atoms with Gasteiger partial charge in [-0.05, 0) is 44.5 Å². The molecule has 0 spiro atoms. The molecule has 0 aliphatic heterocycles. The number of hydrazone groups is 1. The van der Waals surface area contributed by atoms with E-state index in [-0.39, 0.29) is 11.3 Å². The molecule has 0 bridgehead atoms. The molecular weight excluding hydrogens is 278 g/mol. The zero-order valence-corrected chi connectivity index (χ0v) is 13.4. The van der Waals surface area contributed by atoms with Crippen LogP contribution in [-0.4, -0.2) is 16.6 Å². The molecule has 0 saturated carbocycles. The van der Waals surface area contributed by atoms with E-state index < -0.39 is 0 Å². The summed E-state index contributed by atoms with van der Waals surface area (Å²) in [6.07, 6.45) is 3.82. The Labute approximate surface area is 130 Å². The van der Waals surface area contributed by atoms with Crippen molar-refractivity contribution in [3.05, 3.63) is 53.7 Å². The predicted molar refractivity (Wildman–Crippen MR) is 85.9 cm³/mol. The number of nitrogens with one attached hydrogen (secondary N) is 1. The summed E-state index contributed by atoms with van der Waals surface area (Å²) >= 11 is 0. The molecule has 0 unspecified atom stereocenters. The fraction of sp³-hybridized carbons (Fsp3) is 0.353. The quantitative estimate of drug-likeness (QED) is 0.679. The van der Waals surface area contributed by atoms with Gasteiger partial charge in [0.1, 0.15) is 11.5 Å². The van der Waals surface area contributed by atoms with Crippen molar-refractivity contribution >= 4 is 11.6 Å².